The Bertz CT molecular complexity index is 150. The molecular formula is C7H13NO2. The van der Waals surface area contributed by atoms with Crippen molar-refractivity contribution in [2.45, 2.75) is 27.0 Å². The zero-order chi connectivity index (χ0) is 8.15. The van der Waals surface area contributed by atoms with E-state index >= 15 is 0 Å². The van der Waals surface area contributed by atoms with Crippen molar-refractivity contribution in [2.24, 2.45) is 5.73 Å². The molecule has 3 heteroatoms. The van der Waals surface area contributed by atoms with E-state index in [9.17, 15) is 4.79 Å². The second-order valence-electron chi connectivity index (χ2n) is 2.08. The first-order valence-corrected chi connectivity index (χ1v) is 3.17. The van der Waals surface area contributed by atoms with Gasteiger partial charge in [-0.25, -0.2) is 4.79 Å². The summed E-state index contributed by atoms with van der Waals surface area (Å²) >= 11 is 0. The maximum Gasteiger partial charge on any atom is 0.334 e. The lowest BCUT2D eigenvalue weighted by Gasteiger charge is -2.06. The second-order valence-corrected chi connectivity index (χ2v) is 2.08. The van der Waals surface area contributed by atoms with Gasteiger partial charge in [0.25, 0.3) is 0 Å². The van der Waals surface area contributed by atoms with Crippen LogP contribution in [0.5, 0.6) is 0 Å². The van der Waals surface area contributed by atoms with Gasteiger partial charge in [0.05, 0.1) is 0 Å². The van der Waals surface area contributed by atoms with E-state index in [0.717, 1.165) is 0 Å². The molecule has 0 fully saturated rings. The fourth-order valence-corrected chi connectivity index (χ4v) is 0.380. The van der Waals surface area contributed by atoms with Crippen LogP contribution >= 0.6 is 0 Å². The van der Waals surface area contributed by atoms with Gasteiger partial charge in [0, 0.05) is 5.57 Å². The highest BCUT2D eigenvalue weighted by Gasteiger charge is 2.05. The van der Waals surface area contributed by atoms with Gasteiger partial charge in [0.15, 0.2) is 0 Å². The van der Waals surface area contributed by atoms with Gasteiger partial charge in [-0.15, -0.1) is 0 Å². The first-order chi connectivity index (χ1) is 4.57. The number of hydrogen-bond donors (Lipinski definition) is 1. The van der Waals surface area contributed by atoms with Crippen LogP contribution in [0.1, 0.15) is 20.8 Å². The van der Waals surface area contributed by atoms with E-state index in [4.69, 9.17) is 5.73 Å². The molecule has 0 aliphatic heterocycles. The van der Waals surface area contributed by atoms with Crippen molar-refractivity contribution in [2.75, 3.05) is 0 Å². The minimum atomic E-state index is -0.526. The quantitative estimate of drug-likeness (QED) is 0.353. The molecule has 3 nitrogen and oxygen atoms in total. The molecule has 0 heterocycles. The summed E-state index contributed by atoms with van der Waals surface area (Å²) in [7, 11) is 0. The Morgan fingerprint density at radius 3 is 2.50 bits per heavy atom. The topological polar surface area (TPSA) is 52.3 Å². The highest BCUT2D eigenvalue weighted by Crippen LogP contribution is 1.96. The molecule has 1 atom stereocenters. The van der Waals surface area contributed by atoms with Crippen molar-refractivity contribution >= 4 is 5.97 Å². The van der Waals surface area contributed by atoms with E-state index in [0.29, 0.717) is 5.57 Å². The first kappa shape index (κ1) is 9.17. The third-order valence-electron chi connectivity index (χ3n) is 1.05. The molecular weight excluding hydrogens is 130 g/mol. The highest BCUT2D eigenvalue weighted by molar-refractivity contribution is 5.87. The normalized spacial score (nSPS) is 14.6. The second kappa shape index (κ2) is 4.06. The van der Waals surface area contributed by atoms with Crippen LogP contribution in [0.4, 0.5) is 0 Å². The summed E-state index contributed by atoms with van der Waals surface area (Å²) in [6.45, 7) is 5.07. The molecule has 1 unspecified atom stereocenters. The predicted molar refractivity (Wildman–Crippen MR) is 39.2 cm³/mol. The molecule has 0 aromatic heterocycles. The van der Waals surface area contributed by atoms with Crippen LogP contribution < -0.4 is 5.73 Å². The molecule has 0 aliphatic rings. The number of esters is 1. The summed E-state index contributed by atoms with van der Waals surface area (Å²) < 4.78 is 4.67. The highest BCUT2D eigenvalue weighted by atomic mass is 16.6. The predicted octanol–water partition coefficient (Wildman–Crippen LogP) is 0.800. The maximum absolute atomic E-state index is 10.8. The maximum atomic E-state index is 10.8. The average Bonchev–Trinajstić information content (AvgIpc) is 1.85. The monoisotopic (exact) mass is 143 g/mol. The molecule has 0 saturated carbocycles. The zero-order valence-electron chi connectivity index (χ0n) is 6.55. The summed E-state index contributed by atoms with van der Waals surface area (Å²) in [6.07, 6.45) is 1.16. The number of carbonyl (C=O) groups excluding carboxylic acids is 1. The summed E-state index contributed by atoms with van der Waals surface area (Å²) in [5.74, 6) is -0.350. The van der Waals surface area contributed by atoms with Gasteiger partial charge in [-0.05, 0) is 20.8 Å². The number of hydrogen-bond acceptors (Lipinski definition) is 3. The van der Waals surface area contributed by atoms with Crippen molar-refractivity contribution in [3.05, 3.63) is 11.6 Å². The van der Waals surface area contributed by atoms with Crippen molar-refractivity contribution in [3.8, 4) is 0 Å². The van der Waals surface area contributed by atoms with Gasteiger partial charge < -0.3 is 4.74 Å². The van der Waals surface area contributed by atoms with Crippen LogP contribution in [0.25, 0.3) is 0 Å². The number of ether oxygens (including phenoxy) is 1. The molecule has 0 bridgehead atoms. The Morgan fingerprint density at radius 2 is 2.20 bits per heavy atom. The molecule has 0 spiro atoms. The van der Waals surface area contributed by atoms with Crippen LogP contribution in [0.3, 0.4) is 0 Å². The zero-order valence-corrected chi connectivity index (χ0v) is 6.55. The standard InChI is InChI=1S/C7H13NO2/c1-4-5(2)7(9)10-6(3)8/h4,6H,8H2,1-3H3. The number of rotatable bonds is 2. The molecule has 2 N–H and O–H groups in total. The Labute approximate surface area is 60.9 Å². The lowest BCUT2D eigenvalue weighted by Crippen LogP contribution is -2.23. The van der Waals surface area contributed by atoms with E-state index in [1.54, 1.807) is 26.8 Å². The smallest absolute Gasteiger partial charge is 0.334 e. The molecule has 58 valence electrons. The third-order valence-corrected chi connectivity index (χ3v) is 1.05. The van der Waals surface area contributed by atoms with Crippen molar-refractivity contribution in [1.29, 1.82) is 0 Å². The van der Waals surface area contributed by atoms with Gasteiger partial charge >= 0.3 is 5.97 Å². The molecule has 0 aliphatic carbocycles. The van der Waals surface area contributed by atoms with E-state index in [-0.39, 0.29) is 5.97 Å². The van der Waals surface area contributed by atoms with Gasteiger partial charge in [-0.2, -0.15) is 0 Å². The van der Waals surface area contributed by atoms with Gasteiger partial charge in [0.2, 0.25) is 0 Å². The largest absolute Gasteiger partial charge is 0.444 e. The van der Waals surface area contributed by atoms with Crippen molar-refractivity contribution in [3.63, 3.8) is 0 Å². The molecule has 0 aromatic carbocycles. The van der Waals surface area contributed by atoms with Gasteiger partial charge in [-0.3, -0.25) is 5.73 Å². The number of nitrogens with two attached hydrogens (primary N) is 1. The van der Waals surface area contributed by atoms with Crippen LogP contribution in [0, 0.1) is 0 Å². The molecule has 0 amide bonds. The Morgan fingerprint density at radius 1 is 1.70 bits per heavy atom. The minimum absolute atomic E-state index is 0.350. The van der Waals surface area contributed by atoms with Gasteiger partial charge in [-0.1, -0.05) is 6.08 Å². The van der Waals surface area contributed by atoms with E-state index in [1.165, 1.54) is 0 Å². The summed E-state index contributed by atoms with van der Waals surface area (Å²) in [6, 6.07) is 0. The number of carbonyl (C=O) groups is 1. The van der Waals surface area contributed by atoms with E-state index < -0.39 is 6.23 Å². The summed E-state index contributed by atoms with van der Waals surface area (Å²) in [5.41, 5.74) is 5.80. The van der Waals surface area contributed by atoms with Crippen molar-refractivity contribution < 1.29 is 9.53 Å². The summed E-state index contributed by atoms with van der Waals surface area (Å²) in [4.78, 5) is 10.8. The van der Waals surface area contributed by atoms with E-state index in [2.05, 4.69) is 4.74 Å². The molecule has 0 aromatic rings. The fourth-order valence-electron chi connectivity index (χ4n) is 0.380. The van der Waals surface area contributed by atoms with Crippen LogP contribution in [0.15, 0.2) is 11.6 Å². The lowest BCUT2D eigenvalue weighted by molar-refractivity contribution is -0.143. The third kappa shape index (κ3) is 3.25. The molecule has 0 radical (unpaired) electrons. The van der Waals surface area contributed by atoms with Crippen LogP contribution in [-0.2, 0) is 9.53 Å². The summed E-state index contributed by atoms with van der Waals surface area (Å²) in [5, 5.41) is 0. The Balaban J connectivity index is 3.86. The number of allylic oxidation sites excluding steroid dienone is 1. The molecule has 0 rings (SSSR count). The van der Waals surface area contributed by atoms with E-state index in [1.807, 2.05) is 0 Å². The SMILES string of the molecule is CC=C(C)C(=O)OC(C)N. The van der Waals surface area contributed by atoms with Crippen LogP contribution in [0.2, 0.25) is 0 Å². The Kier molecular flexibility index (Phi) is 3.72. The average molecular weight is 143 g/mol. The Hall–Kier alpha value is -0.830. The molecule has 10 heavy (non-hydrogen) atoms. The first-order valence-electron chi connectivity index (χ1n) is 3.17. The fraction of sp³-hybridized carbons (Fsp3) is 0.571. The molecule has 0 saturated heterocycles. The van der Waals surface area contributed by atoms with Gasteiger partial charge in [0.1, 0.15) is 6.23 Å². The minimum Gasteiger partial charge on any atom is -0.444 e. The van der Waals surface area contributed by atoms with Crippen molar-refractivity contribution in [1.82, 2.24) is 0 Å². The lowest BCUT2D eigenvalue weighted by atomic mass is 10.3. The van der Waals surface area contributed by atoms with Crippen LogP contribution in [-0.4, -0.2) is 12.2 Å².